The van der Waals surface area contributed by atoms with E-state index >= 15 is 0 Å². The van der Waals surface area contributed by atoms with Gasteiger partial charge in [0.25, 0.3) is 0 Å². The van der Waals surface area contributed by atoms with Crippen molar-refractivity contribution in [1.82, 2.24) is 0 Å². The predicted molar refractivity (Wildman–Crippen MR) is 87.4 cm³/mol. The van der Waals surface area contributed by atoms with Gasteiger partial charge in [-0.05, 0) is 18.4 Å². The van der Waals surface area contributed by atoms with E-state index in [0.29, 0.717) is 5.92 Å². The molecule has 0 rings (SSSR count). The minimum Gasteiger partial charge on any atom is -0.461 e. The van der Waals surface area contributed by atoms with Crippen molar-refractivity contribution in [2.45, 2.75) is 52.1 Å². The van der Waals surface area contributed by atoms with Crippen LogP contribution in [0.25, 0.3) is 0 Å². The lowest BCUT2D eigenvalue weighted by Crippen LogP contribution is -2.45. The van der Waals surface area contributed by atoms with Crippen LogP contribution in [0.5, 0.6) is 0 Å². The number of allylic oxidation sites excluding steroid dienone is 1. The fraction of sp³-hybridized carbons (Fsp3) is 0.688. The number of carbonyl (C=O) groups is 1. The lowest BCUT2D eigenvalue weighted by molar-refractivity contribution is -0.151. The molecule has 4 heteroatoms. The van der Waals surface area contributed by atoms with Gasteiger partial charge >= 0.3 is 5.97 Å². The number of rotatable bonds is 8. The summed E-state index contributed by atoms with van der Waals surface area (Å²) in [7, 11) is -1.63. The average Bonchev–Trinajstić information content (AvgIpc) is 2.30. The summed E-state index contributed by atoms with van der Waals surface area (Å²) in [4.78, 5) is 12.4. The molecule has 0 fully saturated rings. The number of aliphatic hydroxyl groups excluding tert-OH is 1. The molecule has 0 spiro atoms. The summed E-state index contributed by atoms with van der Waals surface area (Å²) in [5, 5.41) is 10.4. The van der Waals surface area contributed by atoms with Crippen LogP contribution in [0.4, 0.5) is 0 Å². The Morgan fingerprint density at radius 3 is 2.25 bits per heavy atom. The van der Waals surface area contributed by atoms with Gasteiger partial charge in [0, 0.05) is 8.07 Å². The maximum absolute atomic E-state index is 12.4. The summed E-state index contributed by atoms with van der Waals surface area (Å²) in [5.74, 6) is -0.503. The number of hydrogen-bond acceptors (Lipinski definition) is 3. The Hall–Kier alpha value is -0.873. The third-order valence-electron chi connectivity index (χ3n) is 3.48. The quantitative estimate of drug-likeness (QED) is 0.423. The van der Waals surface area contributed by atoms with E-state index in [-0.39, 0.29) is 18.1 Å². The van der Waals surface area contributed by atoms with Crippen molar-refractivity contribution < 1.29 is 14.6 Å². The van der Waals surface area contributed by atoms with Crippen molar-refractivity contribution in [2.75, 3.05) is 6.61 Å². The van der Waals surface area contributed by atoms with Gasteiger partial charge in [0.15, 0.2) is 0 Å². The van der Waals surface area contributed by atoms with E-state index in [0.717, 1.165) is 0 Å². The van der Waals surface area contributed by atoms with Crippen LogP contribution in [0.3, 0.4) is 0 Å². The molecule has 3 nitrogen and oxygen atoms in total. The number of esters is 1. The second kappa shape index (κ2) is 8.42. The normalized spacial score (nSPS) is 17.0. The average molecular weight is 298 g/mol. The van der Waals surface area contributed by atoms with Gasteiger partial charge in [-0.2, -0.15) is 0 Å². The molecule has 1 N–H and O–H groups in total. The van der Waals surface area contributed by atoms with Crippen LogP contribution in [-0.2, 0) is 9.53 Å². The fourth-order valence-corrected chi connectivity index (χ4v) is 6.42. The van der Waals surface area contributed by atoms with Crippen molar-refractivity contribution in [3.05, 3.63) is 24.8 Å². The van der Waals surface area contributed by atoms with E-state index in [4.69, 9.17) is 4.74 Å². The molecule has 3 atom stereocenters. The van der Waals surface area contributed by atoms with Crippen molar-refractivity contribution in [3.8, 4) is 0 Å². The van der Waals surface area contributed by atoms with Crippen LogP contribution >= 0.6 is 0 Å². The summed E-state index contributed by atoms with van der Waals surface area (Å²) in [6.45, 7) is 16.5. The summed E-state index contributed by atoms with van der Waals surface area (Å²) in [6.07, 6.45) is 4.21. The van der Waals surface area contributed by atoms with Gasteiger partial charge in [-0.15, -0.1) is 0 Å². The van der Waals surface area contributed by atoms with Crippen LogP contribution in [0.15, 0.2) is 24.8 Å². The van der Waals surface area contributed by atoms with Crippen LogP contribution in [-0.4, -0.2) is 31.9 Å². The fourth-order valence-electron chi connectivity index (χ4n) is 3.01. The molecule has 116 valence electrons. The van der Waals surface area contributed by atoms with Gasteiger partial charge in [-0.25, -0.2) is 0 Å². The molecule has 0 radical (unpaired) electrons. The highest BCUT2D eigenvalue weighted by Crippen LogP contribution is 2.39. The molecular formula is C16H30O3Si. The zero-order valence-corrected chi connectivity index (χ0v) is 14.7. The van der Waals surface area contributed by atoms with Crippen LogP contribution in [0, 0.1) is 11.8 Å². The highest BCUT2D eigenvalue weighted by molar-refractivity contribution is 6.77. The second-order valence-corrected chi connectivity index (χ2v) is 12.0. The number of hydrogen-bond donors (Lipinski definition) is 1. The zero-order valence-electron chi connectivity index (χ0n) is 13.7. The predicted octanol–water partition coefficient (Wildman–Crippen LogP) is 3.63. The maximum atomic E-state index is 12.4. The van der Waals surface area contributed by atoms with E-state index in [1.165, 1.54) is 0 Å². The minimum absolute atomic E-state index is 0.158. The Kier molecular flexibility index (Phi) is 8.05. The van der Waals surface area contributed by atoms with Gasteiger partial charge in [0.1, 0.15) is 6.61 Å². The molecule has 0 aromatic carbocycles. The van der Waals surface area contributed by atoms with E-state index in [9.17, 15) is 9.90 Å². The third-order valence-corrected chi connectivity index (χ3v) is 6.50. The standard InChI is InChI=1S/C16H30O3Si/c1-8-10-13(17)14(16(18)19-11-9-2)15(12(3)4)20(5,6)7/h8-10,12-15,17H,2,11H2,1,3-7H3/b10-8+/t13-,14-,15-/m1/s1. The molecule has 0 heterocycles. The highest BCUT2D eigenvalue weighted by atomic mass is 28.3. The first-order valence-electron chi connectivity index (χ1n) is 7.25. The van der Waals surface area contributed by atoms with E-state index in [1.54, 1.807) is 18.2 Å². The van der Waals surface area contributed by atoms with E-state index in [1.807, 2.05) is 6.92 Å². The summed E-state index contributed by atoms with van der Waals surface area (Å²) in [6, 6.07) is 0. The van der Waals surface area contributed by atoms with Crippen molar-refractivity contribution in [2.24, 2.45) is 11.8 Å². The molecule has 0 aliphatic carbocycles. The SMILES string of the molecule is C=CCOC(=O)[C@H]([C@H](O)/C=C/C)[C@@H](C(C)C)[Si](C)(C)C. The molecule has 0 aliphatic heterocycles. The molecule has 0 unspecified atom stereocenters. The first-order chi connectivity index (χ1) is 9.16. The van der Waals surface area contributed by atoms with E-state index in [2.05, 4.69) is 40.1 Å². The Morgan fingerprint density at radius 1 is 1.35 bits per heavy atom. The summed E-state index contributed by atoms with van der Waals surface area (Å²) < 4.78 is 5.22. The van der Waals surface area contributed by atoms with Gasteiger partial charge in [0.05, 0.1) is 12.0 Å². The minimum atomic E-state index is -1.63. The molecule has 0 aliphatic rings. The lowest BCUT2D eigenvalue weighted by atomic mass is 9.90. The topological polar surface area (TPSA) is 46.5 Å². The largest absolute Gasteiger partial charge is 0.461 e. The van der Waals surface area contributed by atoms with Gasteiger partial charge in [0.2, 0.25) is 0 Å². The molecule has 0 aromatic rings. The zero-order chi connectivity index (χ0) is 15.9. The highest BCUT2D eigenvalue weighted by Gasteiger charge is 2.43. The van der Waals surface area contributed by atoms with Gasteiger partial charge in [-0.1, -0.05) is 58.3 Å². The van der Waals surface area contributed by atoms with Gasteiger partial charge in [-0.3, -0.25) is 4.79 Å². The summed E-state index contributed by atoms with van der Waals surface area (Å²) in [5.41, 5.74) is 0.158. The van der Waals surface area contributed by atoms with Crippen molar-refractivity contribution in [3.63, 3.8) is 0 Å². The van der Waals surface area contributed by atoms with Crippen molar-refractivity contribution in [1.29, 1.82) is 0 Å². The lowest BCUT2D eigenvalue weighted by Gasteiger charge is -2.39. The van der Waals surface area contributed by atoms with Crippen molar-refractivity contribution >= 4 is 14.0 Å². The Morgan fingerprint density at radius 2 is 1.90 bits per heavy atom. The maximum Gasteiger partial charge on any atom is 0.312 e. The van der Waals surface area contributed by atoms with E-state index < -0.39 is 20.1 Å². The Balaban J connectivity index is 5.46. The van der Waals surface area contributed by atoms with Crippen LogP contribution in [0.2, 0.25) is 25.2 Å². The number of ether oxygens (including phenoxy) is 1. The molecule has 0 saturated heterocycles. The Labute approximate surface area is 124 Å². The number of aliphatic hydroxyl groups is 1. The number of carbonyl (C=O) groups excluding carboxylic acids is 1. The van der Waals surface area contributed by atoms with Gasteiger partial charge < -0.3 is 9.84 Å². The smallest absolute Gasteiger partial charge is 0.312 e. The first kappa shape index (κ1) is 19.1. The van der Waals surface area contributed by atoms with Crippen LogP contribution in [0.1, 0.15) is 20.8 Å². The molecule has 0 amide bonds. The molecular weight excluding hydrogens is 268 g/mol. The van der Waals surface area contributed by atoms with Crippen LogP contribution < -0.4 is 0 Å². The molecule has 20 heavy (non-hydrogen) atoms. The third kappa shape index (κ3) is 5.63. The summed E-state index contributed by atoms with van der Waals surface area (Å²) >= 11 is 0. The first-order valence-corrected chi connectivity index (χ1v) is 10.8. The molecule has 0 aromatic heterocycles. The molecule has 0 saturated carbocycles. The Bertz CT molecular complexity index is 342. The monoisotopic (exact) mass is 298 g/mol. The molecule has 0 bridgehead atoms. The second-order valence-electron chi connectivity index (χ2n) is 6.60.